The number of nitrogens with zero attached hydrogens (tertiary/aromatic N) is 1. The van der Waals surface area contributed by atoms with Crippen molar-refractivity contribution in [3.8, 4) is 16.9 Å². The summed E-state index contributed by atoms with van der Waals surface area (Å²) >= 11 is 0. The van der Waals surface area contributed by atoms with E-state index in [1.54, 1.807) is 0 Å². The average molecular weight is 262 g/mol. The van der Waals surface area contributed by atoms with Crippen molar-refractivity contribution in [2.24, 2.45) is 0 Å². The van der Waals surface area contributed by atoms with Gasteiger partial charge in [0.05, 0.1) is 7.11 Å². The van der Waals surface area contributed by atoms with Crippen molar-refractivity contribution in [2.45, 2.75) is 0 Å². The Labute approximate surface area is 108 Å². The summed E-state index contributed by atoms with van der Waals surface area (Å²) in [6, 6.07) is 6.76. The number of methoxy groups -OCH3 is 1. The molecule has 0 unspecified atom stereocenters. The molecule has 0 aliphatic rings. The van der Waals surface area contributed by atoms with E-state index in [9.17, 15) is 9.18 Å². The SMILES string of the molecule is COc1ccc(F)cc1-c1ccc(C(=O)O)nc1N. The van der Waals surface area contributed by atoms with Gasteiger partial charge in [0.1, 0.15) is 17.4 Å². The quantitative estimate of drug-likeness (QED) is 0.885. The molecule has 0 aliphatic carbocycles. The third-order valence-electron chi connectivity index (χ3n) is 2.60. The molecule has 6 heteroatoms. The van der Waals surface area contributed by atoms with E-state index >= 15 is 0 Å². The summed E-state index contributed by atoms with van der Waals surface area (Å²) in [5.74, 6) is -1.19. The van der Waals surface area contributed by atoms with Gasteiger partial charge in [-0.15, -0.1) is 0 Å². The fourth-order valence-corrected chi connectivity index (χ4v) is 1.71. The van der Waals surface area contributed by atoms with Crippen LogP contribution in [0.2, 0.25) is 0 Å². The van der Waals surface area contributed by atoms with Gasteiger partial charge in [-0.1, -0.05) is 0 Å². The van der Waals surface area contributed by atoms with Crippen LogP contribution >= 0.6 is 0 Å². The maximum atomic E-state index is 13.3. The maximum Gasteiger partial charge on any atom is 0.354 e. The predicted molar refractivity (Wildman–Crippen MR) is 67.6 cm³/mol. The van der Waals surface area contributed by atoms with Crippen LogP contribution in [0, 0.1) is 5.82 Å². The zero-order valence-corrected chi connectivity index (χ0v) is 10.1. The maximum absolute atomic E-state index is 13.3. The third-order valence-corrected chi connectivity index (χ3v) is 2.60. The summed E-state index contributed by atoms with van der Waals surface area (Å²) in [6.45, 7) is 0. The Kier molecular flexibility index (Phi) is 3.33. The number of anilines is 1. The second-order valence-electron chi connectivity index (χ2n) is 3.78. The van der Waals surface area contributed by atoms with Gasteiger partial charge in [0.2, 0.25) is 0 Å². The number of aromatic carboxylic acids is 1. The minimum atomic E-state index is -1.18. The highest BCUT2D eigenvalue weighted by Crippen LogP contribution is 2.33. The second-order valence-corrected chi connectivity index (χ2v) is 3.78. The van der Waals surface area contributed by atoms with E-state index in [2.05, 4.69) is 4.98 Å². The summed E-state index contributed by atoms with van der Waals surface area (Å²) in [5.41, 5.74) is 6.38. The van der Waals surface area contributed by atoms with Crippen LogP contribution in [0.3, 0.4) is 0 Å². The minimum absolute atomic E-state index is 0.00352. The van der Waals surface area contributed by atoms with E-state index in [1.165, 1.54) is 37.4 Å². The predicted octanol–water partition coefficient (Wildman–Crippen LogP) is 2.18. The fraction of sp³-hybridized carbons (Fsp3) is 0.0769. The van der Waals surface area contributed by atoms with Crippen LogP contribution in [-0.4, -0.2) is 23.2 Å². The molecule has 0 saturated heterocycles. The molecular formula is C13H11FN2O3. The zero-order chi connectivity index (χ0) is 14.0. The first-order chi connectivity index (χ1) is 9.02. The van der Waals surface area contributed by atoms with Gasteiger partial charge >= 0.3 is 5.97 Å². The first-order valence-electron chi connectivity index (χ1n) is 5.36. The molecule has 1 heterocycles. The van der Waals surface area contributed by atoms with Crippen molar-refractivity contribution >= 4 is 11.8 Å². The number of rotatable bonds is 3. The molecule has 5 nitrogen and oxygen atoms in total. The van der Waals surface area contributed by atoms with Gasteiger partial charge in [-0.05, 0) is 30.3 Å². The Balaban J connectivity index is 2.59. The van der Waals surface area contributed by atoms with Crippen LogP contribution in [0.4, 0.5) is 10.2 Å². The standard InChI is InChI=1S/C13H11FN2O3/c1-19-11-5-2-7(14)6-9(11)8-3-4-10(13(17)18)16-12(8)15/h2-6H,1H3,(H2,15,16)(H,17,18). The fourth-order valence-electron chi connectivity index (χ4n) is 1.71. The highest BCUT2D eigenvalue weighted by Gasteiger charge is 2.13. The Morgan fingerprint density at radius 2 is 2.05 bits per heavy atom. The van der Waals surface area contributed by atoms with E-state index in [1.807, 2.05) is 0 Å². The van der Waals surface area contributed by atoms with E-state index < -0.39 is 11.8 Å². The Morgan fingerprint density at radius 1 is 1.32 bits per heavy atom. The number of carboxylic acids is 1. The van der Waals surface area contributed by atoms with E-state index in [-0.39, 0.29) is 11.5 Å². The molecule has 1 aromatic heterocycles. The molecule has 3 N–H and O–H groups in total. The lowest BCUT2D eigenvalue weighted by Crippen LogP contribution is -2.04. The lowest BCUT2D eigenvalue weighted by atomic mass is 10.0. The van der Waals surface area contributed by atoms with Crippen molar-refractivity contribution in [2.75, 3.05) is 12.8 Å². The zero-order valence-electron chi connectivity index (χ0n) is 10.1. The highest BCUT2D eigenvalue weighted by molar-refractivity contribution is 5.88. The number of pyridine rings is 1. The lowest BCUT2D eigenvalue weighted by Gasteiger charge is -2.10. The van der Waals surface area contributed by atoms with Crippen LogP contribution in [0.5, 0.6) is 5.75 Å². The Bertz CT molecular complexity index is 644. The summed E-state index contributed by atoms with van der Waals surface area (Å²) in [5, 5.41) is 8.81. The third kappa shape index (κ3) is 2.47. The van der Waals surface area contributed by atoms with E-state index in [4.69, 9.17) is 15.6 Å². The Hall–Kier alpha value is -2.63. The molecule has 0 atom stereocenters. The van der Waals surface area contributed by atoms with Gasteiger partial charge in [0, 0.05) is 11.1 Å². The van der Waals surface area contributed by atoms with E-state index in [0.717, 1.165) is 0 Å². The number of ether oxygens (including phenoxy) is 1. The molecule has 0 aliphatic heterocycles. The van der Waals surface area contributed by atoms with Gasteiger partial charge in [-0.3, -0.25) is 0 Å². The molecule has 0 saturated carbocycles. The summed E-state index contributed by atoms with van der Waals surface area (Å²) in [4.78, 5) is 14.5. The molecule has 19 heavy (non-hydrogen) atoms. The lowest BCUT2D eigenvalue weighted by molar-refractivity contribution is 0.0690. The molecule has 0 bridgehead atoms. The van der Waals surface area contributed by atoms with Gasteiger partial charge in [0.25, 0.3) is 0 Å². The molecular weight excluding hydrogens is 251 g/mol. The number of hydrogen-bond acceptors (Lipinski definition) is 4. The van der Waals surface area contributed by atoms with Crippen molar-refractivity contribution in [3.05, 3.63) is 41.8 Å². The molecule has 0 fully saturated rings. The van der Waals surface area contributed by atoms with Gasteiger partial charge < -0.3 is 15.6 Å². The van der Waals surface area contributed by atoms with Crippen LogP contribution in [0.25, 0.3) is 11.1 Å². The second kappa shape index (κ2) is 4.93. The van der Waals surface area contributed by atoms with Crippen LogP contribution in [0.1, 0.15) is 10.5 Å². The molecule has 0 amide bonds. The van der Waals surface area contributed by atoms with Crippen LogP contribution < -0.4 is 10.5 Å². The highest BCUT2D eigenvalue weighted by atomic mass is 19.1. The molecule has 2 aromatic rings. The summed E-state index contributed by atoms with van der Waals surface area (Å²) in [7, 11) is 1.45. The first kappa shape index (κ1) is 12.8. The smallest absolute Gasteiger partial charge is 0.354 e. The number of carboxylic acid groups (broad SMARTS) is 1. The summed E-state index contributed by atoms with van der Waals surface area (Å²) < 4.78 is 18.4. The number of hydrogen-bond donors (Lipinski definition) is 2. The van der Waals surface area contributed by atoms with E-state index in [0.29, 0.717) is 16.9 Å². The van der Waals surface area contributed by atoms with Gasteiger partial charge in [-0.2, -0.15) is 0 Å². The number of nitrogens with two attached hydrogens (primary N) is 1. The van der Waals surface area contributed by atoms with Gasteiger partial charge in [0.15, 0.2) is 5.69 Å². The van der Waals surface area contributed by atoms with Crippen LogP contribution in [0.15, 0.2) is 30.3 Å². The van der Waals surface area contributed by atoms with Crippen molar-refractivity contribution < 1.29 is 19.0 Å². The molecule has 1 aromatic carbocycles. The minimum Gasteiger partial charge on any atom is -0.496 e. The van der Waals surface area contributed by atoms with Crippen LogP contribution in [-0.2, 0) is 0 Å². The molecule has 0 radical (unpaired) electrons. The number of aromatic nitrogens is 1. The topological polar surface area (TPSA) is 85.4 Å². The normalized spacial score (nSPS) is 10.2. The van der Waals surface area contributed by atoms with Crippen molar-refractivity contribution in [3.63, 3.8) is 0 Å². The Morgan fingerprint density at radius 3 is 2.63 bits per heavy atom. The summed E-state index contributed by atoms with van der Waals surface area (Å²) in [6.07, 6.45) is 0. The number of halogens is 1. The number of nitrogen functional groups attached to an aromatic ring is 1. The monoisotopic (exact) mass is 262 g/mol. The number of carbonyl (C=O) groups is 1. The molecule has 0 spiro atoms. The largest absolute Gasteiger partial charge is 0.496 e. The first-order valence-corrected chi connectivity index (χ1v) is 5.36. The van der Waals surface area contributed by atoms with Gasteiger partial charge in [-0.25, -0.2) is 14.2 Å². The van der Waals surface area contributed by atoms with Crippen molar-refractivity contribution in [1.29, 1.82) is 0 Å². The van der Waals surface area contributed by atoms with Crippen molar-refractivity contribution in [1.82, 2.24) is 4.98 Å². The molecule has 98 valence electrons. The number of benzene rings is 1. The average Bonchev–Trinajstić information content (AvgIpc) is 2.38. The molecule has 2 rings (SSSR count).